The SMILES string of the molecule is Cc1cc(S(=O)(=O)Nc2ccccc2F)cc(N)c1Cl. The number of rotatable bonds is 3. The molecule has 20 heavy (non-hydrogen) atoms. The second-order valence-electron chi connectivity index (χ2n) is 4.23. The molecular weight excluding hydrogens is 303 g/mol. The molecule has 0 spiro atoms. The van der Waals surface area contributed by atoms with E-state index in [2.05, 4.69) is 4.72 Å². The Labute approximate surface area is 121 Å². The summed E-state index contributed by atoms with van der Waals surface area (Å²) in [5.41, 5.74) is 6.20. The monoisotopic (exact) mass is 314 g/mol. The third-order valence-electron chi connectivity index (χ3n) is 2.68. The molecule has 0 saturated carbocycles. The maximum atomic E-state index is 13.5. The molecule has 7 heteroatoms. The van der Waals surface area contributed by atoms with E-state index in [1.807, 2.05) is 0 Å². The van der Waals surface area contributed by atoms with Crippen LogP contribution in [0.25, 0.3) is 0 Å². The molecule has 0 heterocycles. The van der Waals surface area contributed by atoms with Crippen LogP contribution in [0.3, 0.4) is 0 Å². The molecule has 4 nitrogen and oxygen atoms in total. The lowest BCUT2D eigenvalue weighted by Crippen LogP contribution is -2.14. The van der Waals surface area contributed by atoms with Gasteiger partial charge in [-0.2, -0.15) is 0 Å². The molecule has 0 amide bonds. The molecule has 0 fully saturated rings. The van der Waals surface area contributed by atoms with E-state index >= 15 is 0 Å². The summed E-state index contributed by atoms with van der Waals surface area (Å²) in [5.74, 6) is -0.658. The van der Waals surface area contributed by atoms with Crippen LogP contribution in [-0.2, 0) is 10.0 Å². The van der Waals surface area contributed by atoms with E-state index in [0.29, 0.717) is 10.6 Å². The standard InChI is InChI=1S/C13H12ClFN2O2S/c1-8-6-9(7-11(16)13(8)14)20(18,19)17-12-5-3-2-4-10(12)15/h2-7,17H,16H2,1H3. The molecule has 0 aliphatic carbocycles. The molecule has 0 saturated heterocycles. The Bertz CT molecular complexity index is 740. The lowest BCUT2D eigenvalue weighted by molar-refractivity contribution is 0.598. The minimum absolute atomic E-state index is 0.0693. The minimum Gasteiger partial charge on any atom is -0.397 e. The van der Waals surface area contributed by atoms with Gasteiger partial charge in [-0.1, -0.05) is 23.7 Å². The molecule has 0 unspecified atom stereocenters. The number of nitrogens with one attached hydrogen (secondary N) is 1. The average molecular weight is 315 g/mol. The van der Waals surface area contributed by atoms with Gasteiger partial charge in [0.05, 0.1) is 21.3 Å². The van der Waals surface area contributed by atoms with Gasteiger partial charge in [0.2, 0.25) is 0 Å². The number of benzene rings is 2. The maximum absolute atomic E-state index is 13.5. The van der Waals surface area contributed by atoms with Crippen molar-refractivity contribution in [3.05, 3.63) is 52.8 Å². The number of nitrogens with two attached hydrogens (primary N) is 1. The zero-order chi connectivity index (χ0) is 14.9. The summed E-state index contributed by atoms with van der Waals surface area (Å²) < 4.78 is 40.0. The van der Waals surface area contributed by atoms with Gasteiger partial charge in [-0.05, 0) is 36.8 Å². The smallest absolute Gasteiger partial charge is 0.262 e. The van der Waals surface area contributed by atoms with Gasteiger partial charge in [-0.15, -0.1) is 0 Å². The van der Waals surface area contributed by atoms with E-state index in [9.17, 15) is 12.8 Å². The van der Waals surface area contributed by atoms with E-state index in [1.54, 1.807) is 6.92 Å². The second-order valence-corrected chi connectivity index (χ2v) is 6.29. The Balaban J connectivity index is 2.44. The molecular formula is C13H12ClFN2O2S. The number of nitrogen functional groups attached to an aromatic ring is 1. The van der Waals surface area contributed by atoms with Crippen LogP contribution < -0.4 is 10.5 Å². The van der Waals surface area contributed by atoms with Crippen molar-refractivity contribution >= 4 is 33.0 Å². The fraction of sp³-hybridized carbons (Fsp3) is 0.0769. The van der Waals surface area contributed by atoms with Crippen LogP contribution in [0.1, 0.15) is 5.56 Å². The molecule has 2 aromatic rings. The summed E-state index contributed by atoms with van der Waals surface area (Å²) in [6.45, 7) is 1.64. The van der Waals surface area contributed by atoms with Gasteiger partial charge in [0.25, 0.3) is 10.0 Å². The molecule has 0 atom stereocenters. The summed E-state index contributed by atoms with van der Waals surface area (Å²) >= 11 is 5.88. The van der Waals surface area contributed by atoms with Crippen molar-refractivity contribution in [2.45, 2.75) is 11.8 Å². The summed E-state index contributed by atoms with van der Waals surface area (Å²) in [5, 5.41) is 0.301. The van der Waals surface area contributed by atoms with Crippen molar-refractivity contribution in [1.82, 2.24) is 0 Å². The lowest BCUT2D eigenvalue weighted by Gasteiger charge is -2.11. The van der Waals surface area contributed by atoms with Gasteiger partial charge in [0.15, 0.2) is 0 Å². The van der Waals surface area contributed by atoms with E-state index < -0.39 is 15.8 Å². The minimum atomic E-state index is -3.93. The molecule has 0 aliphatic heterocycles. The van der Waals surface area contributed by atoms with Gasteiger partial charge in [-0.25, -0.2) is 12.8 Å². The second kappa shape index (κ2) is 5.30. The average Bonchev–Trinajstić information content (AvgIpc) is 2.38. The number of hydrogen-bond acceptors (Lipinski definition) is 3. The Morgan fingerprint density at radius 3 is 2.50 bits per heavy atom. The first kappa shape index (κ1) is 14.6. The van der Waals surface area contributed by atoms with Crippen molar-refractivity contribution in [3.63, 3.8) is 0 Å². The zero-order valence-electron chi connectivity index (χ0n) is 10.5. The highest BCUT2D eigenvalue weighted by Crippen LogP contribution is 2.28. The van der Waals surface area contributed by atoms with E-state index in [4.69, 9.17) is 17.3 Å². The predicted molar refractivity (Wildman–Crippen MR) is 77.8 cm³/mol. The quantitative estimate of drug-likeness (QED) is 0.855. The highest BCUT2D eigenvalue weighted by molar-refractivity contribution is 7.92. The highest BCUT2D eigenvalue weighted by atomic mass is 35.5. The van der Waals surface area contributed by atoms with E-state index in [0.717, 1.165) is 0 Å². The third kappa shape index (κ3) is 2.86. The van der Waals surface area contributed by atoms with Gasteiger partial charge in [-0.3, -0.25) is 4.72 Å². The Morgan fingerprint density at radius 2 is 1.90 bits per heavy atom. The molecule has 2 aromatic carbocycles. The first-order chi connectivity index (χ1) is 9.31. The summed E-state index contributed by atoms with van der Waals surface area (Å²) in [6.07, 6.45) is 0. The van der Waals surface area contributed by atoms with Gasteiger partial charge in [0, 0.05) is 0 Å². The van der Waals surface area contributed by atoms with Crippen molar-refractivity contribution in [2.24, 2.45) is 0 Å². The zero-order valence-corrected chi connectivity index (χ0v) is 12.1. The number of sulfonamides is 1. The highest BCUT2D eigenvalue weighted by Gasteiger charge is 2.18. The molecule has 106 valence electrons. The molecule has 0 bridgehead atoms. The van der Waals surface area contributed by atoms with Crippen LogP contribution in [-0.4, -0.2) is 8.42 Å². The number of hydrogen-bond donors (Lipinski definition) is 2. The van der Waals surface area contributed by atoms with Crippen LogP contribution in [0.15, 0.2) is 41.3 Å². The molecule has 0 radical (unpaired) electrons. The van der Waals surface area contributed by atoms with Crippen molar-refractivity contribution in [1.29, 1.82) is 0 Å². The number of para-hydroxylation sites is 1. The van der Waals surface area contributed by atoms with Crippen LogP contribution in [0, 0.1) is 12.7 Å². The summed E-state index contributed by atoms with van der Waals surface area (Å²) in [4.78, 5) is -0.0693. The fourth-order valence-corrected chi connectivity index (χ4v) is 2.96. The Morgan fingerprint density at radius 1 is 1.25 bits per heavy atom. The van der Waals surface area contributed by atoms with Crippen LogP contribution in [0.5, 0.6) is 0 Å². The fourth-order valence-electron chi connectivity index (χ4n) is 1.67. The third-order valence-corrected chi connectivity index (χ3v) is 4.55. The van der Waals surface area contributed by atoms with E-state index in [1.165, 1.54) is 36.4 Å². The van der Waals surface area contributed by atoms with Crippen LogP contribution >= 0.6 is 11.6 Å². The molecule has 3 N–H and O–H groups in total. The largest absolute Gasteiger partial charge is 0.397 e. The van der Waals surface area contributed by atoms with Gasteiger partial charge < -0.3 is 5.73 Å². The van der Waals surface area contributed by atoms with Gasteiger partial charge in [0.1, 0.15) is 5.82 Å². The Kier molecular flexibility index (Phi) is 3.87. The van der Waals surface area contributed by atoms with Crippen molar-refractivity contribution in [3.8, 4) is 0 Å². The first-order valence-corrected chi connectivity index (χ1v) is 7.50. The number of halogens is 2. The van der Waals surface area contributed by atoms with Gasteiger partial charge >= 0.3 is 0 Å². The lowest BCUT2D eigenvalue weighted by atomic mass is 10.2. The maximum Gasteiger partial charge on any atom is 0.262 e. The van der Waals surface area contributed by atoms with Crippen molar-refractivity contribution < 1.29 is 12.8 Å². The van der Waals surface area contributed by atoms with Crippen LogP contribution in [0.2, 0.25) is 5.02 Å². The Hall–Kier alpha value is -1.79. The van der Waals surface area contributed by atoms with E-state index in [-0.39, 0.29) is 16.3 Å². The molecule has 0 aromatic heterocycles. The molecule has 2 rings (SSSR count). The topological polar surface area (TPSA) is 72.2 Å². The number of aryl methyl sites for hydroxylation is 1. The number of anilines is 2. The van der Waals surface area contributed by atoms with Crippen molar-refractivity contribution in [2.75, 3.05) is 10.5 Å². The first-order valence-electron chi connectivity index (χ1n) is 5.64. The van der Waals surface area contributed by atoms with Crippen LogP contribution in [0.4, 0.5) is 15.8 Å². The summed E-state index contributed by atoms with van der Waals surface area (Å²) in [7, 11) is -3.93. The summed E-state index contributed by atoms with van der Waals surface area (Å²) in [6, 6.07) is 8.11. The molecule has 0 aliphatic rings. The normalized spacial score (nSPS) is 11.3. The predicted octanol–water partition coefficient (Wildman–Crippen LogP) is 3.17.